The molecule has 0 bridgehead atoms. The van der Waals surface area contributed by atoms with Crippen LogP contribution >= 0.6 is 0 Å². The molecule has 0 saturated carbocycles. The molecule has 0 fully saturated rings. The van der Waals surface area contributed by atoms with Gasteiger partial charge in [0.15, 0.2) is 6.29 Å². The second-order valence-electron chi connectivity index (χ2n) is 4.17. The molecular weight excluding hydrogens is 233 g/mol. The van der Waals surface area contributed by atoms with Gasteiger partial charge in [-0.1, -0.05) is 12.1 Å². The zero-order valence-electron chi connectivity index (χ0n) is 9.76. The van der Waals surface area contributed by atoms with Crippen molar-refractivity contribution in [3.05, 3.63) is 29.3 Å². The minimum absolute atomic E-state index is 0.0233. The molecular formula is C12H13F3O2. The van der Waals surface area contributed by atoms with Crippen molar-refractivity contribution in [2.75, 3.05) is 7.11 Å². The number of carbonyl (C=O) groups is 1. The van der Waals surface area contributed by atoms with E-state index in [1.54, 1.807) is 0 Å². The van der Waals surface area contributed by atoms with Gasteiger partial charge in [-0.25, -0.2) is 0 Å². The number of para-hydroxylation sites is 1. The van der Waals surface area contributed by atoms with E-state index in [0.29, 0.717) is 6.29 Å². The third-order valence-electron chi connectivity index (χ3n) is 2.76. The Kier molecular flexibility index (Phi) is 3.50. The highest BCUT2D eigenvalue weighted by Crippen LogP contribution is 2.44. The van der Waals surface area contributed by atoms with Crippen LogP contribution in [0, 0.1) is 0 Å². The number of carbonyl (C=O) groups excluding carboxylic acids is 1. The predicted octanol–water partition coefficient (Wildman–Crippen LogP) is 3.35. The summed E-state index contributed by atoms with van der Waals surface area (Å²) < 4.78 is 43.7. The first-order chi connectivity index (χ1) is 7.75. The third-order valence-corrected chi connectivity index (χ3v) is 2.76. The topological polar surface area (TPSA) is 26.3 Å². The Labute approximate surface area is 97.4 Å². The van der Waals surface area contributed by atoms with E-state index in [4.69, 9.17) is 4.74 Å². The van der Waals surface area contributed by atoms with E-state index >= 15 is 0 Å². The maximum absolute atomic E-state index is 12.9. The molecule has 0 aliphatic heterocycles. The SMILES string of the molecule is COc1c(C=O)cccc1C(C)(C)C(F)(F)F. The molecule has 2 nitrogen and oxygen atoms in total. The molecule has 0 amide bonds. The lowest BCUT2D eigenvalue weighted by molar-refractivity contribution is -0.180. The molecule has 0 aliphatic rings. The van der Waals surface area contributed by atoms with Crippen LogP contribution < -0.4 is 4.74 Å². The number of aldehydes is 1. The van der Waals surface area contributed by atoms with Crippen molar-refractivity contribution < 1.29 is 22.7 Å². The van der Waals surface area contributed by atoms with E-state index in [2.05, 4.69) is 0 Å². The molecule has 0 heterocycles. The third kappa shape index (κ3) is 2.28. The summed E-state index contributed by atoms with van der Waals surface area (Å²) >= 11 is 0. The van der Waals surface area contributed by atoms with E-state index in [9.17, 15) is 18.0 Å². The van der Waals surface area contributed by atoms with Crippen LogP contribution in [0.5, 0.6) is 5.75 Å². The predicted molar refractivity (Wildman–Crippen MR) is 57.5 cm³/mol. The van der Waals surface area contributed by atoms with Crippen LogP contribution in [0.15, 0.2) is 18.2 Å². The van der Waals surface area contributed by atoms with E-state index in [-0.39, 0.29) is 16.9 Å². The first-order valence-electron chi connectivity index (χ1n) is 4.95. The maximum atomic E-state index is 12.9. The van der Waals surface area contributed by atoms with Gasteiger partial charge in [0.1, 0.15) is 5.75 Å². The normalized spacial score (nSPS) is 12.4. The average Bonchev–Trinajstić information content (AvgIpc) is 2.26. The Balaban J connectivity index is 3.46. The molecule has 1 aromatic rings. The Morgan fingerprint density at radius 3 is 2.24 bits per heavy atom. The fourth-order valence-corrected chi connectivity index (χ4v) is 1.52. The highest BCUT2D eigenvalue weighted by molar-refractivity contribution is 5.80. The minimum Gasteiger partial charge on any atom is -0.496 e. The van der Waals surface area contributed by atoms with Gasteiger partial charge >= 0.3 is 6.18 Å². The number of alkyl halides is 3. The van der Waals surface area contributed by atoms with Crippen LogP contribution in [-0.4, -0.2) is 19.6 Å². The molecule has 0 spiro atoms. The van der Waals surface area contributed by atoms with Gasteiger partial charge in [0.05, 0.1) is 18.1 Å². The monoisotopic (exact) mass is 246 g/mol. The Morgan fingerprint density at radius 1 is 1.24 bits per heavy atom. The molecule has 0 aliphatic carbocycles. The van der Waals surface area contributed by atoms with Crippen LogP contribution in [0.1, 0.15) is 29.8 Å². The summed E-state index contributed by atoms with van der Waals surface area (Å²) in [5.41, 5.74) is -2.00. The van der Waals surface area contributed by atoms with Gasteiger partial charge in [0.2, 0.25) is 0 Å². The number of rotatable bonds is 3. The van der Waals surface area contributed by atoms with Crippen LogP contribution in [0.3, 0.4) is 0 Å². The fraction of sp³-hybridized carbons (Fsp3) is 0.417. The summed E-state index contributed by atoms with van der Waals surface area (Å²) in [5, 5.41) is 0. The second kappa shape index (κ2) is 4.39. The molecule has 1 aromatic carbocycles. The summed E-state index contributed by atoms with van der Waals surface area (Å²) in [6, 6.07) is 4.15. The molecule has 5 heteroatoms. The lowest BCUT2D eigenvalue weighted by Crippen LogP contribution is -2.36. The zero-order valence-corrected chi connectivity index (χ0v) is 9.76. The van der Waals surface area contributed by atoms with Crippen molar-refractivity contribution in [3.8, 4) is 5.75 Å². The first-order valence-corrected chi connectivity index (χ1v) is 4.95. The largest absolute Gasteiger partial charge is 0.496 e. The van der Waals surface area contributed by atoms with E-state index in [1.165, 1.54) is 25.3 Å². The maximum Gasteiger partial charge on any atom is 0.398 e. The van der Waals surface area contributed by atoms with Crippen molar-refractivity contribution in [1.29, 1.82) is 0 Å². The molecule has 94 valence electrons. The van der Waals surface area contributed by atoms with E-state index in [0.717, 1.165) is 13.8 Å². The molecule has 0 saturated heterocycles. The van der Waals surface area contributed by atoms with Gasteiger partial charge < -0.3 is 4.74 Å². The highest BCUT2D eigenvalue weighted by atomic mass is 19.4. The van der Waals surface area contributed by atoms with Crippen molar-refractivity contribution in [1.82, 2.24) is 0 Å². The second-order valence-corrected chi connectivity index (χ2v) is 4.17. The van der Waals surface area contributed by atoms with Crippen LogP contribution in [-0.2, 0) is 5.41 Å². The summed E-state index contributed by atoms with van der Waals surface area (Å²) in [6.07, 6.45) is -3.93. The highest BCUT2D eigenvalue weighted by Gasteiger charge is 2.50. The van der Waals surface area contributed by atoms with Gasteiger partial charge in [-0.05, 0) is 19.9 Å². The van der Waals surface area contributed by atoms with Gasteiger partial charge in [0, 0.05) is 5.56 Å². The summed E-state index contributed by atoms with van der Waals surface area (Å²) in [4.78, 5) is 10.8. The standard InChI is InChI=1S/C12H13F3O2/c1-11(2,12(13,14)15)9-6-4-5-8(7-16)10(9)17-3/h4-7H,1-3H3. The Morgan fingerprint density at radius 2 is 1.82 bits per heavy atom. The minimum atomic E-state index is -4.41. The molecule has 0 radical (unpaired) electrons. The lowest BCUT2D eigenvalue weighted by atomic mass is 9.82. The molecule has 0 atom stereocenters. The number of benzene rings is 1. The molecule has 0 N–H and O–H groups in total. The number of hydrogen-bond donors (Lipinski definition) is 0. The lowest BCUT2D eigenvalue weighted by Gasteiger charge is -2.30. The number of halogens is 3. The molecule has 0 aromatic heterocycles. The molecule has 1 rings (SSSR count). The summed E-state index contributed by atoms with van der Waals surface area (Å²) in [7, 11) is 1.25. The number of methoxy groups -OCH3 is 1. The van der Waals surface area contributed by atoms with Gasteiger partial charge in [0.25, 0.3) is 0 Å². The van der Waals surface area contributed by atoms with Gasteiger partial charge in [-0.2, -0.15) is 13.2 Å². The Hall–Kier alpha value is -1.52. The van der Waals surface area contributed by atoms with Gasteiger partial charge in [-0.3, -0.25) is 4.79 Å². The van der Waals surface area contributed by atoms with E-state index < -0.39 is 11.6 Å². The zero-order chi connectivity index (χ0) is 13.3. The van der Waals surface area contributed by atoms with Crippen LogP contribution in [0.4, 0.5) is 13.2 Å². The van der Waals surface area contributed by atoms with Crippen LogP contribution in [0.25, 0.3) is 0 Å². The van der Waals surface area contributed by atoms with Crippen molar-refractivity contribution in [2.45, 2.75) is 25.4 Å². The average molecular weight is 246 g/mol. The number of ether oxygens (including phenoxy) is 1. The summed E-state index contributed by atoms with van der Waals surface area (Å²) in [5.74, 6) is -0.0233. The fourth-order valence-electron chi connectivity index (χ4n) is 1.52. The van der Waals surface area contributed by atoms with Crippen molar-refractivity contribution in [3.63, 3.8) is 0 Å². The molecule has 17 heavy (non-hydrogen) atoms. The smallest absolute Gasteiger partial charge is 0.398 e. The van der Waals surface area contributed by atoms with E-state index in [1.807, 2.05) is 0 Å². The number of hydrogen-bond acceptors (Lipinski definition) is 2. The van der Waals surface area contributed by atoms with Crippen LogP contribution in [0.2, 0.25) is 0 Å². The summed E-state index contributed by atoms with van der Waals surface area (Å²) in [6.45, 7) is 2.11. The Bertz CT molecular complexity index is 422. The first kappa shape index (κ1) is 13.5. The van der Waals surface area contributed by atoms with Gasteiger partial charge in [-0.15, -0.1) is 0 Å². The molecule has 0 unspecified atom stereocenters. The van der Waals surface area contributed by atoms with Crippen molar-refractivity contribution >= 4 is 6.29 Å². The quantitative estimate of drug-likeness (QED) is 0.764. The van der Waals surface area contributed by atoms with Crippen molar-refractivity contribution in [2.24, 2.45) is 0 Å².